The van der Waals surface area contributed by atoms with E-state index in [-0.39, 0.29) is 40.2 Å². The lowest BCUT2D eigenvalue weighted by molar-refractivity contribution is -0.137. The number of rotatable bonds is 3. The van der Waals surface area contributed by atoms with Gasteiger partial charge >= 0.3 is 6.18 Å². The van der Waals surface area contributed by atoms with Gasteiger partial charge in [-0.15, -0.1) is 12.4 Å². The van der Waals surface area contributed by atoms with Crippen LogP contribution in [0, 0.1) is 12.7 Å². The summed E-state index contributed by atoms with van der Waals surface area (Å²) in [6, 6.07) is 7.93. The normalized spacial score (nSPS) is 19.2. The van der Waals surface area contributed by atoms with E-state index < -0.39 is 17.6 Å². The first-order chi connectivity index (χ1) is 13.6. The van der Waals surface area contributed by atoms with E-state index >= 15 is 0 Å². The molecule has 1 heterocycles. The summed E-state index contributed by atoms with van der Waals surface area (Å²) in [7, 11) is 1.59. The first kappa shape index (κ1) is 24.6. The second-order valence-electron chi connectivity index (χ2n) is 7.32. The maximum Gasteiger partial charge on any atom is 0.416 e. The molecule has 0 radical (unpaired) electrons. The molecule has 1 amide bonds. The van der Waals surface area contributed by atoms with Gasteiger partial charge in [0.2, 0.25) is 0 Å². The smallest absolute Gasteiger partial charge is 0.338 e. The Morgan fingerprint density at radius 1 is 1.20 bits per heavy atom. The summed E-state index contributed by atoms with van der Waals surface area (Å²) in [5, 5.41) is 3.25. The zero-order valence-corrected chi connectivity index (χ0v) is 18.8. The van der Waals surface area contributed by atoms with Crippen molar-refractivity contribution in [3.05, 3.63) is 68.9 Å². The van der Waals surface area contributed by atoms with Crippen LogP contribution in [0.1, 0.15) is 39.4 Å². The number of benzene rings is 2. The number of carbonyl (C=O) groups is 1. The van der Waals surface area contributed by atoms with Crippen LogP contribution >= 0.6 is 28.3 Å². The standard InChI is InChI=1S/C21H21BrF4N2O.ClH/c1-12-3-4-13(9-18(12)23)17-11-27-6-5-19(17)28(2)20(29)14-7-15(21(24,25)26)10-16(22)8-14;/h3-4,7-10,17,19,27H,5-6,11H2,1-2H3;1H/t17-,19+;/m0./s1. The van der Waals surface area contributed by atoms with Crippen molar-refractivity contribution in [1.82, 2.24) is 10.2 Å². The average molecular weight is 510 g/mol. The molecule has 0 aliphatic carbocycles. The van der Waals surface area contributed by atoms with Crippen LogP contribution in [0.3, 0.4) is 0 Å². The van der Waals surface area contributed by atoms with E-state index in [0.29, 0.717) is 25.1 Å². The molecule has 0 aromatic heterocycles. The first-order valence-corrected chi connectivity index (χ1v) is 9.99. The summed E-state index contributed by atoms with van der Waals surface area (Å²) in [4.78, 5) is 14.5. The third kappa shape index (κ3) is 5.34. The number of aryl methyl sites for hydroxylation is 1. The van der Waals surface area contributed by atoms with E-state index in [1.54, 1.807) is 20.0 Å². The summed E-state index contributed by atoms with van der Waals surface area (Å²) < 4.78 is 53.7. The third-order valence-corrected chi connectivity index (χ3v) is 5.82. The van der Waals surface area contributed by atoms with Gasteiger partial charge in [0.25, 0.3) is 5.91 Å². The van der Waals surface area contributed by atoms with Crippen molar-refractivity contribution >= 4 is 34.2 Å². The predicted molar refractivity (Wildman–Crippen MR) is 114 cm³/mol. The van der Waals surface area contributed by atoms with Crippen LogP contribution in [0.15, 0.2) is 40.9 Å². The fourth-order valence-corrected chi connectivity index (χ4v) is 4.21. The van der Waals surface area contributed by atoms with Crippen LogP contribution in [0.25, 0.3) is 0 Å². The average Bonchev–Trinajstić information content (AvgIpc) is 2.68. The van der Waals surface area contributed by atoms with Crippen molar-refractivity contribution in [2.45, 2.75) is 31.5 Å². The Labute approximate surface area is 187 Å². The minimum absolute atomic E-state index is 0. The van der Waals surface area contributed by atoms with Crippen LogP contribution in [0.2, 0.25) is 0 Å². The van der Waals surface area contributed by atoms with E-state index in [1.807, 2.05) is 6.07 Å². The number of nitrogens with zero attached hydrogens (tertiary/aromatic N) is 1. The van der Waals surface area contributed by atoms with Gasteiger partial charge < -0.3 is 10.2 Å². The molecule has 0 spiro atoms. The topological polar surface area (TPSA) is 32.3 Å². The number of carbonyl (C=O) groups excluding carboxylic acids is 1. The summed E-state index contributed by atoms with van der Waals surface area (Å²) in [5.74, 6) is -0.981. The van der Waals surface area contributed by atoms with E-state index in [0.717, 1.165) is 17.7 Å². The fourth-order valence-electron chi connectivity index (χ4n) is 3.72. The minimum Gasteiger partial charge on any atom is -0.338 e. The van der Waals surface area contributed by atoms with Crippen molar-refractivity contribution in [1.29, 1.82) is 0 Å². The molecule has 30 heavy (non-hydrogen) atoms. The molecule has 3 nitrogen and oxygen atoms in total. The Morgan fingerprint density at radius 3 is 2.53 bits per heavy atom. The predicted octanol–water partition coefficient (Wildman–Crippen LogP) is 5.55. The molecule has 2 aromatic carbocycles. The Bertz CT molecular complexity index is 922. The van der Waals surface area contributed by atoms with Gasteiger partial charge in [-0.25, -0.2) is 4.39 Å². The van der Waals surface area contributed by atoms with Gasteiger partial charge in [-0.2, -0.15) is 13.2 Å². The van der Waals surface area contributed by atoms with Gasteiger partial charge in [-0.1, -0.05) is 28.1 Å². The Hall–Kier alpha value is -1.64. The number of halogens is 6. The molecular formula is C21H22BrClF4N2O. The third-order valence-electron chi connectivity index (χ3n) is 5.36. The number of alkyl halides is 3. The van der Waals surface area contributed by atoms with Crippen LogP contribution in [0.5, 0.6) is 0 Å². The molecule has 2 aromatic rings. The molecule has 3 rings (SSSR count). The summed E-state index contributed by atoms with van der Waals surface area (Å²) >= 11 is 3.06. The van der Waals surface area contributed by atoms with Crippen LogP contribution in [0.4, 0.5) is 17.6 Å². The molecule has 1 N–H and O–H groups in total. The number of likely N-dealkylation sites (N-methyl/N-ethyl adjacent to an activating group) is 1. The van der Waals surface area contributed by atoms with Crippen molar-refractivity contribution in [2.24, 2.45) is 0 Å². The van der Waals surface area contributed by atoms with Crippen molar-refractivity contribution in [3.63, 3.8) is 0 Å². The highest BCUT2D eigenvalue weighted by molar-refractivity contribution is 9.10. The molecule has 1 aliphatic rings. The van der Waals surface area contributed by atoms with Gasteiger partial charge in [-0.05, 0) is 55.3 Å². The molecule has 9 heteroatoms. The van der Waals surface area contributed by atoms with E-state index in [1.165, 1.54) is 17.0 Å². The van der Waals surface area contributed by atoms with Crippen LogP contribution in [-0.2, 0) is 6.18 Å². The number of hydrogen-bond acceptors (Lipinski definition) is 2. The quantitative estimate of drug-likeness (QED) is 0.550. The number of nitrogens with one attached hydrogen (secondary N) is 1. The number of piperidine rings is 1. The lowest BCUT2D eigenvalue weighted by Gasteiger charge is -2.39. The molecule has 2 atom stereocenters. The molecule has 1 aliphatic heterocycles. The zero-order chi connectivity index (χ0) is 21.3. The van der Waals surface area contributed by atoms with Crippen molar-refractivity contribution < 1.29 is 22.4 Å². The van der Waals surface area contributed by atoms with Crippen LogP contribution < -0.4 is 5.32 Å². The molecule has 1 fully saturated rings. The SMILES string of the molecule is Cc1ccc([C@@H]2CNCC[C@H]2N(C)C(=O)c2cc(Br)cc(C(F)(F)F)c2)cc1F.Cl. The number of amides is 1. The van der Waals surface area contributed by atoms with Gasteiger partial charge in [0.15, 0.2) is 0 Å². The Balaban J connectivity index is 0.00000320. The summed E-state index contributed by atoms with van der Waals surface area (Å²) in [5.41, 5.74) is 0.371. The van der Waals surface area contributed by atoms with Gasteiger partial charge in [0, 0.05) is 35.6 Å². The fraction of sp³-hybridized carbons (Fsp3) is 0.381. The number of hydrogen-bond donors (Lipinski definition) is 1. The maximum atomic E-state index is 14.1. The van der Waals surface area contributed by atoms with E-state index in [2.05, 4.69) is 21.2 Å². The molecule has 164 valence electrons. The zero-order valence-electron chi connectivity index (χ0n) is 16.4. The van der Waals surface area contributed by atoms with E-state index in [9.17, 15) is 22.4 Å². The first-order valence-electron chi connectivity index (χ1n) is 9.19. The molecule has 0 saturated carbocycles. The second-order valence-corrected chi connectivity index (χ2v) is 8.23. The van der Waals surface area contributed by atoms with Crippen molar-refractivity contribution in [3.8, 4) is 0 Å². The highest BCUT2D eigenvalue weighted by Crippen LogP contribution is 2.33. The largest absolute Gasteiger partial charge is 0.416 e. The second kappa shape index (κ2) is 9.66. The monoisotopic (exact) mass is 508 g/mol. The van der Waals surface area contributed by atoms with Gasteiger partial charge in [0.05, 0.1) is 5.56 Å². The van der Waals surface area contributed by atoms with Crippen molar-refractivity contribution in [2.75, 3.05) is 20.1 Å². The highest BCUT2D eigenvalue weighted by Gasteiger charge is 2.35. The van der Waals surface area contributed by atoms with Gasteiger partial charge in [0.1, 0.15) is 5.82 Å². The van der Waals surface area contributed by atoms with Gasteiger partial charge in [-0.3, -0.25) is 4.79 Å². The minimum atomic E-state index is -4.55. The highest BCUT2D eigenvalue weighted by atomic mass is 79.9. The lowest BCUT2D eigenvalue weighted by Crippen LogP contribution is -2.49. The summed E-state index contributed by atoms with van der Waals surface area (Å²) in [6.45, 7) is 2.90. The molecule has 0 bridgehead atoms. The summed E-state index contributed by atoms with van der Waals surface area (Å²) in [6.07, 6.45) is -3.93. The molecular weight excluding hydrogens is 488 g/mol. The lowest BCUT2D eigenvalue weighted by atomic mass is 9.85. The molecule has 0 unspecified atom stereocenters. The van der Waals surface area contributed by atoms with E-state index in [4.69, 9.17) is 0 Å². The Kier molecular flexibility index (Phi) is 7.93. The maximum absolute atomic E-state index is 14.1. The van der Waals surface area contributed by atoms with Crippen LogP contribution in [-0.4, -0.2) is 37.0 Å². The molecule has 1 saturated heterocycles. The Morgan fingerprint density at radius 2 is 1.90 bits per heavy atom.